The third-order valence-corrected chi connectivity index (χ3v) is 4.47. The van der Waals surface area contributed by atoms with E-state index in [0.29, 0.717) is 5.92 Å². The van der Waals surface area contributed by atoms with Gasteiger partial charge in [-0.25, -0.2) is 8.78 Å². The number of rotatable bonds is 3. The highest BCUT2D eigenvalue weighted by Gasteiger charge is 2.23. The summed E-state index contributed by atoms with van der Waals surface area (Å²) in [5.74, 6) is -0.366. The van der Waals surface area contributed by atoms with Crippen molar-refractivity contribution in [3.8, 4) is 0 Å². The van der Waals surface area contributed by atoms with Crippen molar-refractivity contribution in [1.82, 2.24) is 4.90 Å². The highest BCUT2D eigenvalue weighted by Crippen LogP contribution is 2.27. The number of likely N-dealkylation sites (tertiary alicyclic amines) is 1. The second-order valence-electron chi connectivity index (χ2n) is 5.32. The molecule has 2 rings (SSSR count). The molecule has 0 spiro atoms. The molecule has 5 heteroatoms. The van der Waals surface area contributed by atoms with Gasteiger partial charge in [0.05, 0.1) is 10.2 Å². The van der Waals surface area contributed by atoms with E-state index in [4.69, 9.17) is 0 Å². The van der Waals surface area contributed by atoms with Crippen molar-refractivity contribution in [2.45, 2.75) is 25.8 Å². The molecule has 1 aromatic rings. The number of anilines is 1. The van der Waals surface area contributed by atoms with Gasteiger partial charge < -0.3 is 10.2 Å². The van der Waals surface area contributed by atoms with E-state index in [9.17, 15) is 8.78 Å². The zero-order chi connectivity index (χ0) is 14.0. The number of nitrogens with one attached hydrogen (secondary N) is 1. The molecule has 0 aliphatic carbocycles. The van der Waals surface area contributed by atoms with E-state index in [0.717, 1.165) is 25.9 Å². The van der Waals surface area contributed by atoms with Crippen molar-refractivity contribution in [3.05, 3.63) is 28.2 Å². The molecular formula is C14H19BrF2N2. The van der Waals surface area contributed by atoms with Gasteiger partial charge in [-0.15, -0.1) is 0 Å². The zero-order valence-corrected chi connectivity index (χ0v) is 12.8. The van der Waals surface area contributed by atoms with Gasteiger partial charge in [0.1, 0.15) is 11.6 Å². The van der Waals surface area contributed by atoms with E-state index in [-0.39, 0.29) is 16.2 Å². The van der Waals surface area contributed by atoms with Crippen molar-refractivity contribution in [1.29, 1.82) is 0 Å². The molecule has 1 aliphatic rings. The van der Waals surface area contributed by atoms with Crippen LogP contribution in [0.2, 0.25) is 0 Å². The lowest BCUT2D eigenvalue weighted by molar-refractivity contribution is 0.208. The fourth-order valence-electron chi connectivity index (χ4n) is 2.52. The summed E-state index contributed by atoms with van der Waals surface area (Å²) in [7, 11) is 2.11. The number of benzene rings is 1. The Kier molecular flexibility index (Phi) is 4.79. The first-order valence-corrected chi connectivity index (χ1v) is 7.36. The van der Waals surface area contributed by atoms with Gasteiger partial charge in [0.2, 0.25) is 0 Å². The van der Waals surface area contributed by atoms with Crippen molar-refractivity contribution < 1.29 is 8.78 Å². The van der Waals surface area contributed by atoms with Crippen molar-refractivity contribution in [2.75, 3.05) is 25.5 Å². The zero-order valence-electron chi connectivity index (χ0n) is 11.2. The molecule has 0 aromatic heterocycles. The quantitative estimate of drug-likeness (QED) is 0.845. The van der Waals surface area contributed by atoms with Crippen LogP contribution in [0.5, 0.6) is 0 Å². The third kappa shape index (κ3) is 3.66. The third-order valence-electron chi connectivity index (χ3n) is 3.86. The summed E-state index contributed by atoms with van der Waals surface area (Å²) in [5, 5.41) is 3.11. The van der Waals surface area contributed by atoms with Gasteiger partial charge in [-0.3, -0.25) is 0 Å². The first kappa shape index (κ1) is 14.7. The average molecular weight is 333 g/mol. The lowest BCUT2D eigenvalue weighted by Gasteiger charge is -2.33. The van der Waals surface area contributed by atoms with E-state index in [1.165, 1.54) is 12.1 Å². The summed E-state index contributed by atoms with van der Waals surface area (Å²) in [5.41, 5.74) is 0.243. The van der Waals surface area contributed by atoms with Gasteiger partial charge >= 0.3 is 0 Å². The fraction of sp³-hybridized carbons (Fsp3) is 0.571. The summed E-state index contributed by atoms with van der Waals surface area (Å²) < 4.78 is 27.4. The minimum absolute atomic E-state index is 0.142. The molecule has 1 aliphatic heterocycles. The Labute approximate surface area is 121 Å². The van der Waals surface area contributed by atoms with Gasteiger partial charge in [-0.05, 0) is 67.8 Å². The van der Waals surface area contributed by atoms with Crippen LogP contribution in [0.25, 0.3) is 0 Å². The largest absolute Gasteiger partial charge is 0.380 e. The van der Waals surface area contributed by atoms with E-state index in [1.807, 2.05) is 6.92 Å². The second-order valence-corrected chi connectivity index (χ2v) is 6.17. The Morgan fingerprint density at radius 3 is 2.53 bits per heavy atom. The number of halogens is 3. The van der Waals surface area contributed by atoms with E-state index < -0.39 is 11.6 Å². The average Bonchev–Trinajstić information content (AvgIpc) is 2.36. The van der Waals surface area contributed by atoms with Crippen LogP contribution in [0.1, 0.15) is 19.8 Å². The molecule has 1 fully saturated rings. The van der Waals surface area contributed by atoms with Gasteiger partial charge in [0.15, 0.2) is 0 Å². The Bertz CT molecular complexity index is 445. The highest BCUT2D eigenvalue weighted by atomic mass is 79.9. The molecule has 1 saturated heterocycles. The standard InChI is InChI=1S/C14H19BrF2N2/c1-9(10-3-5-19(2)6-4-10)18-14-8-12(16)11(15)7-13(14)17/h7-10,18H,3-6H2,1-2H3. The molecule has 1 N–H and O–H groups in total. The summed E-state index contributed by atoms with van der Waals surface area (Å²) in [6.45, 7) is 4.16. The number of nitrogens with zero attached hydrogens (tertiary/aromatic N) is 1. The SMILES string of the molecule is CC(Nc1cc(F)c(Br)cc1F)C1CCN(C)CC1. The van der Waals surface area contributed by atoms with E-state index >= 15 is 0 Å². The Hall–Kier alpha value is -0.680. The molecule has 1 heterocycles. The van der Waals surface area contributed by atoms with Crippen LogP contribution in [0.3, 0.4) is 0 Å². The first-order chi connectivity index (χ1) is 8.97. The smallest absolute Gasteiger partial charge is 0.147 e. The highest BCUT2D eigenvalue weighted by molar-refractivity contribution is 9.10. The molecule has 0 bridgehead atoms. The molecule has 2 nitrogen and oxygen atoms in total. The van der Waals surface area contributed by atoms with Crippen LogP contribution >= 0.6 is 15.9 Å². The molecule has 0 amide bonds. The predicted octanol–water partition coefficient (Wildman–Crippen LogP) is 3.87. The molecule has 0 radical (unpaired) electrons. The lowest BCUT2D eigenvalue weighted by atomic mass is 9.90. The topological polar surface area (TPSA) is 15.3 Å². The molecule has 1 atom stereocenters. The van der Waals surface area contributed by atoms with Crippen LogP contribution in [-0.4, -0.2) is 31.1 Å². The van der Waals surface area contributed by atoms with Gasteiger partial charge in [0.25, 0.3) is 0 Å². The van der Waals surface area contributed by atoms with Crippen LogP contribution in [0.4, 0.5) is 14.5 Å². The summed E-state index contributed by atoms with van der Waals surface area (Å²) in [4.78, 5) is 2.29. The summed E-state index contributed by atoms with van der Waals surface area (Å²) >= 11 is 2.98. The van der Waals surface area contributed by atoms with Crippen LogP contribution in [0.15, 0.2) is 16.6 Å². The van der Waals surface area contributed by atoms with Crippen LogP contribution in [-0.2, 0) is 0 Å². The van der Waals surface area contributed by atoms with E-state index in [2.05, 4.69) is 33.2 Å². The molecule has 106 valence electrons. The van der Waals surface area contributed by atoms with Crippen molar-refractivity contribution in [2.24, 2.45) is 5.92 Å². The minimum Gasteiger partial charge on any atom is -0.380 e. The van der Waals surface area contributed by atoms with Crippen LogP contribution < -0.4 is 5.32 Å². The fourth-order valence-corrected chi connectivity index (χ4v) is 2.84. The number of hydrogen-bond donors (Lipinski definition) is 1. The molecule has 19 heavy (non-hydrogen) atoms. The van der Waals surface area contributed by atoms with Crippen LogP contribution in [0, 0.1) is 17.6 Å². The summed E-state index contributed by atoms with van der Waals surface area (Å²) in [6.07, 6.45) is 2.18. The molecule has 1 aromatic carbocycles. The van der Waals surface area contributed by atoms with Gasteiger partial charge in [-0.2, -0.15) is 0 Å². The van der Waals surface area contributed by atoms with Crippen molar-refractivity contribution >= 4 is 21.6 Å². The normalized spacial score (nSPS) is 19.4. The Balaban J connectivity index is 2.02. The lowest BCUT2D eigenvalue weighted by Crippen LogP contribution is -2.37. The maximum absolute atomic E-state index is 13.8. The molecule has 0 saturated carbocycles. The van der Waals surface area contributed by atoms with Crippen molar-refractivity contribution in [3.63, 3.8) is 0 Å². The maximum atomic E-state index is 13.8. The number of hydrogen-bond acceptors (Lipinski definition) is 2. The second kappa shape index (κ2) is 6.18. The molecular weight excluding hydrogens is 314 g/mol. The predicted molar refractivity (Wildman–Crippen MR) is 77.4 cm³/mol. The van der Waals surface area contributed by atoms with E-state index in [1.54, 1.807) is 0 Å². The van der Waals surface area contributed by atoms with Gasteiger partial charge in [-0.1, -0.05) is 0 Å². The molecule has 1 unspecified atom stereocenters. The Morgan fingerprint density at radius 1 is 1.26 bits per heavy atom. The van der Waals surface area contributed by atoms with Gasteiger partial charge in [0, 0.05) is 12.1 Å². The first-order valence-electron chi connectivity index (χ1n) is 6.57. The monoisotopic (exact) mass is 332 g/mol. The minimum atomic E-state index is -0.445. The maximum Gasteiger partial charge on any atom is 0.147 e. The summed E-state index contributed by atoms with van der Waals surface area (Å²) in [6, 6.07) is 2.52. The number of piperidine rings is 1. The Morgan fingerprint density at radius 2 is 1.89 bits per heavy atom.